The van der Waals surface area contributed by atoms with E-state index in [1.807, 2.05) is 30.3 Å². The Balaban J connectivity index is 1.61. The third-order valence-corrected chi connectivity index (χ3v) is 4.77. The van der Waals surface area contributed by atoms with Crippen LogP contribution in [0.4, 0.5) is 0 Å². The van der Waals surface area contributed by atoms with E-state index in [2.05, 4.69) is 33.1 Å². The van der Waals surface area contributed by atoms with Crippen molar-refractivity contribution in [1.82, 2.24) is 20.1 Å². The standard InChI is InChI=1S/C19H16N4O2/c1-10-13(12-7-8-15-16(9-12)21-19(24)20-15)3-2-4-14(10)17-22-18(25-23-17)11-5-6-11/h2-4,7-9,11H,5-6H2,1H3,(H2,20,21,24). The smallest absolute Gasteiger partial charge is 0.323 e. The molecule has 25 heavy (non-hydrogen) atoms. The molecule has 6 heteroatoms. The second kappa shape index (κ2) is 5.17. The fourth-order valence-corrected chi connectivity index (χ4v) is 3.23. The number of nitrogens with one attached hydrogen (secondary N) is 2. The van der Waals surface area contributed by atoms with Crippen molar-refractivity contribution < 1.29 is 4.52 Å². The first-order chi connectivity index (χ1) is 12.2. The zero-order valence-electron chi connectivity index (χ0n) is 13.7. The zero-order valence-corrected chi connectivity index (χ0v) is 13.7. The number of benzene rings is 2. The molecule has 4 aromatic rings. The van der Waals surface area contributed by atoms with Crippen molar-refractivity contribution in [3.05, 3.63) is 58.3 Å². The SMILES string of the molecule is Cc1c(-c2ccc3[nH]c(=O)[nH]c3c2)cccc1-c1noc(C2CC2)n1. The highest BCUT2D eigenvalue weighted by Gasteiger charge is 2.30. The van der Waals surface area contributed by atoms with Gasteiger partial charge >= 0.3 is 5.69 Å². The van der Waals surface area contributed by atoms with Crippen LogP contribution < -0.4 is 5.69 Å². The Hall–Kier alpha value is -3.15. The van der Waals surface area contributed by atoms with Crippen molar-refractivity contribution >= 4 is 11.0 Å². The van der Waals surface area contributed by atoms with Crippen molar-refractivity contribution in [2.45, 2.75) is 25.7 Å². The van der Waals surface area contributed by atoms with Gasteiger partial charge in [0.1, 0.15) is 0 Å². The third kappa shape index (κ3) is 2.38. The number of fused-ring (bicyclic) bond motifs is 1. The Labute approximate surface area is 142 Å². The summed E-state index contributed by atoms with van der Waals surface area (Å²) in [6.07, 6.45) is 2.27. The van der Waals surface area contributed by atoms with Crippen LogP contribution in [0, 0.1) is 6.92 Å². The molecule has 1 saturated carbocycles. The molecule has 0 atom stereocenters. The van der Waals surface area contributed by atoms with Crippen LogP contribution >= 0.6 is 0 Å². The number of nitrogens with zero attached hydrogens (tertiary/aromatic N) is 2. The van der Waals surface area contributed by atoms with Gasteiger partial charge in [0.05, 0.1) is 11.0 Å². The van der Waals surface area contributed by atoms with E-state index in [0.717, 1.165) is 52.0 Å². The normalized spacial score (nSPS) is 14.3. The van der Waals surface area contributed by atoms with Gasteiger partial charge in [-0.2, -0.15) is 4.98 Å². The van der Waals surface area contributed by atoms with E-state index in [4.69, 9.17) is 4.52 Å². The molecule has 0 aliphatic heterocycles. The molecule has 2 heterocycles. The van der Waals surface area contributed by atoms with Gasteiger partial charge in [-0.1, -0.05) is 29.4 Å². The Morgan fingerprint density at radius 3 is 2.72 bits per heavy atom. The van der Waals surface area contributed by atoms with Gasteiger partial charge in [-0.05, 0) is 48.6 Å². The predicted octanol–water partition coefficient (Wildman–Crippen LogP) is 3.76. The summed E-state index contributed by atoms with van der Waals surface area (Å²) in [7, 11) is 0. The highest BCUT2D eigenvalue weighted by molar-refractivity contribution is 5.84. The van der Waals surface area contributed by atoms with Gasteiger partial charge in [0.15, 0.2) is 0 Å². The van der Waals surface area contributed by atoms with Crippen LogP contribution in [-0.4, -0.2) is 20.1 Å². The molecule has 1 aliphatic carbocycles. The molecule has 2 aromatic carbocycles. The first-order valence-corrected chi connectivity index (χ1v) is 8.35. The molecule has 0 radical (unpaired) electrons. The van der Waals surface area contributed by atoms with E-state index < -0.39 is 0 Å². The minimum absolute atomic E-state index is 0.197. The van der Waals surface area contributed by atoms with Crippen molar-refractivity contribution in [3.8, 4) is 22.5 Å². The molecule has 0 unspecified atom stereocenters. The van der Waals surface area contributed by atoms with Gasteiger partial charge in [0, 0.05) is 11.5 Å². The lowest BCUT2D eigenvalue weighted by molar-refractivity contribution is 0.380. The molecule has 6 nitrogen and oxygen atoms in total. The number of rotatable bonds is 3. The molecule has 2 N–H and O–H groups in total. The number of H-pyrrole nitrogens is 2. The molecule has 0 saturated heterocycles. The first kappa shape index (κ1) is 14.2. The van der Waals surface area contributed by atoms with Gasteiger partial charge in [-0.3, -0.25) is 0 Å². The van der Waals surface area contributed by atoms with Crippen LogP contribution in [0.15, 0.2) is 45.7 Å². The Morgan fingerprint density at radius 1 is 1.08 bits per heavy atom. The first-order valence-electron chi connectivity index (χ1n) is 8.35. The average molecular weight is 332 g/mol. The lowest BCUT2D eigenvalue weighted by atomic mass is 9.96. The number of imidazole rings is 1. The van der Waals surface area contributed by atoms with Gasteiger partial charge < -0.3 is 14.5 Å². The summed E-state index contributed by atoms with van der Waals surface area (Å²) in [4.78, 5) is 21.6. The molecule has 5 rings (SSSR count). The second-order valence-corrected chi connectivity index (χ2v) is 6.55. The van der Waals surface area contributed by atoms with Gasteiger partial charge in [-0.15, -0.1) is 0 Å². The van der Waals surface area contributed by atoms with Crippen LogP contribution in [0.3, 0.4) is 0 Å². The van der Waals surface area contributed by atoms with Crippen LogP contribution in [-0.2, 0) is 0 Å². The van der Waals surface area contributed by atoms with Crippen LogP contribution in [0.25, 0.3) is 33.5 Å². The maximum Gasteiger partial charge on any atom is 0.323 e. The predicted molar refractivity (Wildman–Crippen MR) is 94.4 cm³/mol. The molecule has 2 aromatic heterocycles. The van der Waals surface area contributed by atoms with Crippen molar-refractivity contribution in [3.63, 3.8) is 0 Å². The summed E-state index contributed by atoms with van der Waals surface area (Å²) in [6.45, 7) is 2.06. The fourth-order valence-electron chi connectivity index (χ4n) is 3.23. The molecule has 124 valence electrons. The maximum atomic E-state index is 11.5. The fraction of sp³-hybridized carbons (Fsp3) is 0.211. The molecule has 0 bridgehead atoms. The molecule has 1 fully saturated rings. The van der Waals surface area contributed by atoms with E-state index in [9.17, 15) is 4.79 Å². The summed E-state index contributed by atoms with van der Waals surface area (Å²) >= 11 is 0. The van der Waals surface area contributed by atoms with Crippen LogP contribution in [0.5, 0.6) is 0 Å². The summed E-state index contributed by atoms with van der Waals surface area (Å²) < 4.78 is 5.40. The summed E-state index contributed by atoms with van der Waals surface area (Å²) in [5.41, 5.74) is 5.57. The molecular weight excluding hydrogens is 316 g/mol. The quantitative estimate of drug-likeness (QED) is 0.598. The summed E-state index contributed by atoms with van der Waals surface area (Å²) in [6, 6.07) is 12.0. The van der Waals surface area contributed by atoms with E-state index in [1.54, 1.807) is 0 Å². The van der Waals surface area contributed by atoms with Crippen molar-refractivity contribution in [2.75, 3.05) is 0 Å². The topological polar surface area (TPSA) is 87.6 Å². The number of aromatic nitrogens is 4. The number of aromatic amines is 2. The van der Waals surface area contributed by atoms with Gasteiger partial charge in [0.2, 0.25) is 11.7 Å². The van der Waals surface area contributed by atoms with E-state index >= 15 is 0 Å². The van der Waals surface area contributed by atoms with E-state index in [1.165, 1.54) is 0 Å². The Bertz CT molecular complexity index is 1150. The highest BCUT2D eigenvalue weighted by Crippen LogP contribution is 2.40. The Kier molecular flexibility index (Phi) is 2.94. The minimum atomic E-state index is -0.197. The van der Waals surface area contributed by atoms with Gasteiger partial charge in [-0.25, -0.2) is 4.79 Å². The Morgan fingerprint density at radius 2 is 1.88 bits per heavy atom. The monoisotopic (exact) mass is 332 g/mol. The molecule has 0 amide bonds. The highest BCUT2D eigenvalue weighted by atomic mass is 16.5. The third-order valence-electron chi connectivity index (χ3n) is 4.77. The molecule has 1 aliphatic rings. The van der Waals surface area contributed by atoms with Crippen LogP contribution in [0.1, 0.15) is 30.2 Å². The number of hydrogen-bond acceptors (Lipinski definition) is 4. The lowest BCUT2D eigenvalue weighted by Gasteiger charge is -2.09. The van der Waals surface area contributed by atoms with Crippen LogP contribution in [0.2, 0.25) is 0 Å². The van der Waals surface area contributed by atoms with Crippen molar-refractivity contribution in [1.29, 1.82) is 0 Å². The second-order valence-electron chi connectivity index (χ2n) is 6.55. The molecular formula is C19H16N4O2. The summed E-state index contributed by atoms with van der Waals surface area (Å²) in [5, 5.41) is 4.16. The van der Waals surface area contributed by atoms with Gasteiger partial charge in [0.25, 0.3) is 0 Å². The average Bonchev–Trinajstić information content (AvgIpc) is 3.22. The minimum Gasteiger partial charge on any atom is -0.339 e. The van der Waals surface area contributed by atoms with E-state index in [-0.39, 0.29) is 5.69 Å². The molecule has 0 spiro atoms. The zero-order chi connectivity index (χ0) is 17.0. The van der Waals surface area contributed by atoms with E-state index in [0.29, 0.717) is 11.7 Å². The number of hydrogen-bond donors (Lipinski definition) is 2. The maximum absolute atomic E-state index is 11.5. The largest absolute Gasteiger partial charge is 0.339 e. The summed E-state index contributed by atoms with van der Waals surface area (Å²) in [5.74, 6) is 1.82. The lowest BCUT2D eigenvalue weighted by Crippen LogP contribution is -1.99. The van der Waals surface area contributed by atoms with Crippen molar-refractivity contribution in [2.24, 2.45) is 0 Å².